The first-order chi connectivity index (χ1) is 6.70. The number of H-pyrrole nitrogens is 1. The van der Waals surface area contributed by atoms with Gasteiger partial charge in [-0.15, -0.1) is 0 Å². The highest BCUT2D eigenvalue weighted by atomic mass is 16.1. The molecule has 76 valence electrons. The summed E-state index contributed by atoms with van der Waals surface area (Å²) in [5.74, 6) is 0.618. The van der Waals surface area contributed by atoms with E-state index in [-0.39, 0.29) is 5.56 Å². The molecule has 1 saturated carbocycles. The number of rotatable bonds is 3. The molecule has 0 unspecified atom stereocenters. The zero-order valence-corrected chi connectivity index (χ0v) is 8.55. The van der Waals surface area contributed by atoms with Crippen molar-refractivity contribution in [1.29, 1.82) is 0 Å². The third-order valence-corrected chi connectivity index (χ3v) is 2.49. The van der Waals surface area contributed by atoms with Crippen molar-refractivity contribution >= 4 is 5.95 Å². The van der Waals surface area contributed by atoms with Crippen LogP contribution in [0.3, 0.4) is 0 Å². The molecular weight excluding hydrogens is 178 g/mol. The Labute approximate surface area is 82.8 Å². The van der Waals surface area contributed by atoms with Crippen molar-refractivity contribution in [3.8, 4) is 0 Å². The van der Waals surface area contributed by atoms with E-state index >= 15 is 0 Å². The van der Waals surface area contributed by atoms with Crippen LogP contribution in [-0.4, -0.2) is 16.0 Å². The summed E-state index contributed by atoms with van der Waals surface area (Å²) in [6.45, 7) is 3.85. The first-order valence-electron chi connectivity index (χ1n) is 5.07. The molecule has 4 heteroatoms. The van der Waals surface area contributed by atoms with Crippen LogP contribution in [0, 0.1) is 6.92 Å². The largest absolute Gasteiger partial charge is 0.353 e. The van der Waals surface area contributed by atoms with Gasteiger partial charge in [-0.2, -0.15) is 0 Å². The summed E-state index contributed by atoms with van der Waals surface area (Å²) >= 11 is 0. The Hall–Kier alpha value is -1.32. The van der Waals surface area contributed by atoms with Gasteiger partial charge in [-0.05, 0) is 26.2 Å². The lowest BCUT2D eigenvalue weighted by molar-refractivity contribution is 0.943. The fourth-order valence-electron chi connectivity index (χ4n) is 1.52. The molecular formula is C10H15N3O. The van der Waals surface area contributed by atoms with Crippen LogP contribution in [0.1, 0.15) is 31.0 Å². The van der Waals surface area contributed by atoms with E-state index < -0.39 is 0 Å². The maximum atomic E-state index is 11.6. The molecule has 1 fully saturated rings. The van der Waals surface area contributed by atoms with Gasteiger partial charge in [-0.3, -0.25) is 9.78 Å². The monoisotopic (exact) mass is 193 g/mol. The first kappa shape index (κ1) is 9.24. The summed E-state index contributed by atoms with van der Waals surface area (Å²) in [6.07, 6.45) is 3.09. The number of hydrogen-bond donors (Lipinski definition) is 2. The van der Waals surface area contributed by atoms with Gasteiger partial charge in [-0.25, -0.2) is 4.98 Å². The van der Waals surface area contributed by atoms with E-state index in [1.807, 2.05) is 13.8 Å². The van der Waals surface area contributed by atoms with Gasteiger partial charge in [0.25, 0.3) is 5.56 Å². The van der Waals surface area contributed by atoms with Crippen LogP contribution >= 0.6 is 0 Å². The van der Waals surface area contributed by atoms with Gasteiger partial charge in [0, 0.05) is 17.3 Å². The van der Waals surface area contributed by atoms with Gasteiger partial charge in [0.2, 0.25) is 5.95 Å². The third-order valence-electron chi connectivity index (χ3n) is 2.49. The lowest BCUT2D eigenvalue weighted by Crippen LogP contribution is -2.19. The lowest BCUT2D eigenvalue weighted by atomic mass is 10.2. The van der Waals surface area contributed by atoms with Crippen LogP contribution in [0.2, 0.25) is 0 Å². The number of nitrogens with zero attached hydrogens (tertiary/aromatic N) is 1. The molecule has 2 N–H and O–H groups in total. The molecule has 1 aromatic rings. The molecule has 0 radical (unpaired) electrons. The zero-order chi connectivity index (χ0) is 10.1. The van der Waals surface area contributed by atoms with E-state index in [9.17, 15) is 4.79 Å². The van der Waals surface area contributed by atoms with Crippen molar-refractivity contribution in [2.75, 3.05) is 5.32 Å². The minimum Gasteiger partial charge on any atom is -0.353 e. The van der Waals surface area contributed by atoms with E-state index in [2.05, 4.69) is 15.3 Å². The molecule has 0 bridgehead atoms. The quantitative estimate of drug-likeness (QED) is 0.758. The Bertz CT molecular complexity index is 393. The van der Waals surface area contributed by atoms with Crippen LogP contribution in [0.15, 0.2) is 4.79 Å². The Kier molecular flexibility index (Phi) is 2.27. The smallest absolute Gasteiger partial charge is 0.255 e. The fourth-order valence-corrected chi connectivity index (χ4v) is 1.52. The topological polar surface area (TPSA) is 57.8 Å². The number of aromatic amines is 1. The molecule has 14 heavy (non-hydrogen) atoms. The maximum absolute atomic E-state index is 11.6. The number of aryl methyl sites for hydroxylation is 1. The molecule has 0 saturated heterocycles. The van der Waals surface area contributed by atoms with Crippen LogP contribution in [0.4, 0.5) is 5.95 Å². The third kappa shape index (κ3) is 1.78. The van der Waals surface area contributed by atoms with Crippen LogP contribution in [0.5, 0.6) is 0 Å². The highest BCUT2D eigenvalue weighted by Gasteiger charge is 2.22. The van der Waals surface area contributed by atoms with Crippen molar-refractivity contribution in [3.05, 3.63) is 21.6 Å². The van der Waals surface area contributed by atoms with Crippen molar-refractivity contribution in [2.24, 2.45) is 0 Å². The molecule has 4 nitrogen and oxygen atoms in total. The number of aromatic nitrogens is 2. The lowest BCUT2D eigenvalue weighted by Gasteiger charge is -2.06. The summed E-state index contributed by atoms with van der Waals surface area (Å²) in [4.78, 5) is 18.6. The summed E-state index contributed by atoms with van der Waals surface area (Å²) in [5, 5.41) is 3.18. The Morgan fingerprint density at radius 2 is 2.29 bits per heavy atom. The van der Waals surface area contributed by atoms with Gasteiger partial charge in [0.1, 0.15) is 0 Å². The summed E-state index contributed by atoms with van der Waals surface area (Å²) in [7, 11) is 0. The van der Waals surface area contributed by atoms with E-state index in [4.69, 9.17) is 0 Å². The summed E-state index contributed by atoms with van der Waals surface area (Å²) in [5.41, 5.74) is 1.61. The summed E-state index contributed by atoms with van der Waals surface area (Å²) in [6, 6.07) is 0.519. The molecule has 1 heterocycles. The van der Waals surface area contributed by atoms with Gasteiger partial charge in [0.05, 0.1) is 0 Å². The summed E-state index contributed by atoms with van der Waals surface area (Å²) < 4.78 is 0. The predicted octanol–water partition coefficient (Wildman–Crippen LogP) is 1.22. The number of nitrogens with one attached hydrogen (secondary N) is 2. The van der Waals surface area contributed by atoms with Crippen molar-refractivity contribution < 1.29 is 0 Å². The normalized spacial score (nSPS) is 15.6. The Balaban J connectivity index is 2.30. The van der Waals surface area contributed by atoms with E-state index in [0.717, 1.165) is 17.7 Å². The van der Waals surface area contributed by atoms with Crippen molar-refractivity contribution in [3.63, 3.8) is 0 Å². The average Bonchev–Trinajstić information content (AvgIpc) is 2.87. The van der Waals surface area contributed by atoms with Crippen LogP contribution in [0.25, 0.3) is 0 Å². The molecule has 0 amide bonds. The second kappa shape index (κ2) is 3.44. The van der Waals surface area contributed by atoms with Gasteiger partial charge in [-0.1, -0.05) is 6.92 Å². The highest BCUT2D eigenvalue weighted by molar-refractivity contribution is 5.31. The van der Waals surface area contributed by atoms with Crippen molar-refractivity contribution in [1.82, 2.24) is 9.97 Å². The first-order valence-corrected chi connectivity index (χ1v) is 5.07. The second-order valence-electron chi connectivity index (χ2n) is 3.75. The molecule has 1 aromatic heterocycles. The molecule has 0 aliphatic heterocycles. The Morgan fingerprint density at radius 1 is 1.57 bits per heavy atom. The van der Waals surface area contributed by atoms with Gasteiger partial charge < -0.3 is 5.32 Å². The van der Waals surface area contributed by atoms with E-state index in [0.29, 0.717) is 12.0 Å². The SMILES string of the molecule is CCc1c(C)nc(NC2CC2)[nH]c1=O. The maximum Gasteiger partial charge on any atom is 0.255 e. The zero-order valence-electron chi connectivity index (χ0n) is 8.55. The van der Waals surface area contributed by atoms with Crippen LogP contribution in [-0.2, 0) is 6.42 Å². The Morgan fingerprint density at radius 3 is 2.79 bits per heavy atom. The number of anilines is 1. The predicted molar refractivity (Wildman–Crippen MR) is 55.6 cm³/mol. The standard InChI is InChI=1S/C10H15N3O/c1-3-8-6(2)11-10(13-9(8)14)12-7-4-5-7/h7H,3-5H2,1-2H3,(H2,11,12,13,14). The molecule has 0 atom stereocenters. The molecule has 1 aliphatic carbocycles. The molecule has 2 rings (SSSR count). The van der Waals surface area contributed by atoms with Gasteiger partial charge >= 0.3 is 0 Å². The van der Waals surface area contributed by atoms with Crippen molar-refractivity contribution in [2.45, 2.75) is 39.2 Å². The van der Waals surface area contributed by atoms with E-state index in [1.165, 1.54) is 12.8 Å². The highest BCUT2D eigenvalue weighted by Crippen LogP contribution is 2.22. The average molecular weight is 193 g/mol. The molecule has 0 spiro atoms. The van der Waals surface area contributed by atoms with Crippen LogP contribution < -0.4 is 10.9 Å². The minimum atomic E-state index is -0.0110. The number of hydrogen-bond acceptors (Lipinski definition) is 3. The fraction of sp³-hybridized carbons (Fsp3) is 0.600. The van der Waals surface area contributed by atoms with E-state index in [1.54, 1.807) is 0 Å². The molecule has 0 aromatic carbocycles. The minimum absolute atomic E-state index is 0.0110. The second-order valence-corrected chi connectivity index (χ2v) is 3.75. The van der Waals surface area contributed by atoms with Gasteiger partial charge in [0.15, 0.2) is 0 Å². The molecule has 1 aliphatic rings.